The minimum atomic E-state index is -0.766. The van der Waals surface area contributed by atoms with E-state index >= 15 is 0 Å². The number of nitrogens with zero attached hydrogens (tertiary/aromatic N) is 3. The molecule has 0 aliphatic carbocycles. The number of pyridine rings is 1. The van der Waals surface area contributed by atoms with Crippen molar-refractivity contribution >= 4 is 46.0 Å². The highest BCUT2D eigenvalue weighted by Crippen LogP contribution is 2.31. The van der Waals surface area contributed by atoms with Gasteiger partial charge in [0.1, 0.15) is 11.5 Å². The van der Waals surface area contributed by atoms with Gasteiger partial charge >= 0.3 is 0 Å². The third-order valence-corrected chi connectivity index (χ3v) is 6.58. The van der Waals surface area contributed by atoms with Crippen molar-refractivity contribution in [3.05, 3.63) is 59.3 Å². The van der Waals surface area contributed by atoms with E-state index in [0.717, 1.165) is 0 Å². The second kappa shape index (κ2) is 9.38. The molecule has 0 fully saturated rings. The highest BCUT2D eigenvalue weighted by molar-refractivity contribution is 14.1. The fourth-order valence-corrected chi connectivity index (χ4v) is 4.56. The first-order valence-corrected chi connectivity index (χ1v) is 11.5. The van der Waals surface area contributed by atoms with Gasteiger partial charge in [-0.3, -0.25) is 14.4 Å². The second-order valence-electron chi connectivity index (χ2n) is 8.39. The summed E-state index contributed by atoms with van der Waals surface area (Å²) in [5.74, 6) is -2.12. The highest BCUT2D eigenvalue weighted by atomic mass is 127. The molecule has 3 rings (SSSR count). The number of fused-ring (bicyclic) bond motifs is 1. The molecule has 0 spiro atoms. The molecule has 0 bridgehead atoms. The van der Waals surface area contributed by atoms with Gasteiger partial charge in [-0.25, -0.2) is 4.39 Å². The van der Waals surface area contributed by atoms with E-state index in [1.54, 1.807) is 14.1 Å². The molecule has 10 heteroatoms. The number of aromatic hydroxyl groups is 1. The van der Waals surface area contributed by atoms with Crippen molar-refractivity contribution in [2.24, 2.45) is 5.92 Å². The van der Waals surface area contributed by atoms with Crippen LogP contribution in [0.15, 0.2) is 16.9 Å². The Labute approximate surface area is 203 Å². The van der Waals surface area contributed by atoms with Crippen LogP contribution in [-0.2, 0) is 19.5 Å². The fraction of sp³-hybridized carbons (Fsp3) is 0.409. The summed E-state index contributed by atoms with van der Waals surface area (Å²) in [6, 6.07) is 2.75. The zero-order valence-corrected chi connectivity index (χ0v) is 21.1. The molecule has 2 aromatic rings. The number of hydrogen-bond donors (Lipinski definition) is 1. The first-order valence-electron chi connectivity index (χ1n) is 10.1. The molecule has 1 aromatic carbocycles. The number of aromatic nitrogens is 1. The molecular formula is C22H24ClFIN3O4. The minimum Gasteiger partial charge on any atom is -0.502 e. The number of rotatable bonds is 5. The van der Waals surface area contributed by atoms with Gasteiger partial charge in [0.25, 0.3) is 17.4 Å². The largest absolute Gasteiger partial charge is 0.502 e. The lowest BCUT2D eigenvalue weighted by molar-refractivity contribution is 0.0719. The number of benzene rings is 1. The summed E-state index contributed by atoms with van der Waals surface area (Å²) in [5, 5.41) is 10.6. The molecule has 0 radical (unpaired) electrons. The Morgan fingerprint density at radius 2 is 1.97 bits per heavy atom. The first-order chi connectivity index (χ1) is 14.9. The molecule has 1 aliphatic rings. The third-order valence-electron chi connectivity index (χ3n) is 5.28. The molecule has 1 N–H and O–H groups in total. The molecule has 0 atom stereocenters. The maximum absolute atomic E-state index is 13.7. The average molecular weight is 576 g/mol. The zero-order chi connectivity index (χ0) is 23.9. The third kappa shape index (κ3) is 4.50. The predicted molar refractivity (Wildman–Crippen MR) is 128 cm³/mol. The summed E-state index contributed by atoms with van der Waals surface area (Å²) in [6.07, 6.45) is 0.285. The molecule has 172 valence electrons. The predicted octanol–water partition coefficient (Wildman–Crippen LogP) is 3.51. The van der Waals surface area contributed by atoms with Gasteiger partial charge in [0.2, 0.25) is 0 Å². The Balaban J connectivity index is 2.12. The van der Waals surface area contributed by atoms with Crippen molar-refractivity contribution in [3.63, 3.8) is 0 Å². The maximum Gasteiger partial charge on any atom is 0.294 e. The topological polar surface area (TPSA) is 82.8 Å². The van der Waals surface area contributed by atoms with E-state index in [4.69, 9.17) is 11.6 Å². The van der Waals surface area contributed by atoms with Crippen molar-refractivity contribution in [3.8, 4) is 5.75 Å². The van der Waals surface area contributed by atoms with Gasteiger partial charge < -0.3 is 19.5 Å². The summed E-state index contributed by atoms with van der Waals surface area (Å²) in [6.45, 7) is 4.43. The molecule has 0 saturated heterocycles. The molecule has 2 amide bonds. The van der Waals surface area contributed by atoms with Crippen molar-refractivity contribution in [2.45, 2.75) is 33.4 Å². The SMILES string of the molecule is CC(C)Cn1c(C(=O)N(C)C)c2c(c(O)c1=O)C(=O)N(Cc1cc(Cl)c(F)cc1I)CC2. The van der Waals surface area contributed by atoms with Gasteiger partial charge in [0.05, 0.1) is 10.6 Å². The average Bonchev–Trinajstić information content (AvgIpc) is 2.71. The van der Waals surface area contributed by atoms with Crippen LogP contribution in [0.1, 0.15) is 45.8 Å². The molecule has 2 heterocycles. The maximum atomic E-state index is 13.7. The Morgan fingerprint density at radius 3 is 2.56 bits per heavy atom. The quantitative estimate of drug-likeness (QED) is 0.437. The summed E-state index contributed by atoms with van der Waals surface area (Å²) in [7, 11) is 3.14. The lowest BCUT2D eigenvalue weighted by Crippen LogP contribution is -2.43. The van der Waals surface area contributed by atoms with Crippen LogP contribution in [0.3, 0.4) is 0 Å². The van der Waals surface area contributed by atoms with Crippen LogP contribution in [0, 0.1) is 15.3 Å². The number of halogens is 3. The summed E-state index contributed by atoms with van der Waals surface area (Å²) < 4.78 is 15.6. The van der Waals surface area contributed by atoms with E-state index in [1.165, 1.54) is 26.5 Å². The van der Waals surface area contributed by atoms with Crippen LogP contribution < -0.4 is 5.56 Å². The second-order valence-corrected chi connectivity index (χ2v) is 9.96. The van der Waals surface area contributed by atoms with E-state index in [9.17, 15) is 23.9 Å². The molecule has 0 saturated carbocycles. The van der Waals surface area contributed by atoms with Gasteiger partial charge in [0.15, 0.2) is 5.75 Å². The first kappa shape index (κ1) is 24.5. The fourth-order valence-electron chi connectivity index (χ4n) is 3.78. The summed E-state index contributed by atoms with van der Waals surface area (Å²) in [5.41, 5.74) is 0.237. The van der Waals surface area contributed by atoms with Crippen molar-refractivity contribution in [1.29, 1.82) is 0 Å². The van der Waals surface area contributed by atoms with Crippen molar-refractivity contribution in [2.75, 3.05) is 20.6 Å². The number of carbonyl (C=O) groups excluding carboxylic acids is 2. The Morgan fingerprint density at radius 1 is 1.31 bits per heavy atom. The molecular weight excluding hydrogens is 552 g/mol. The van der Waals surface area contributed by atoms with Gasteiger partial charge in [-0.1, -0.05) is 25.4 Å². The van der Waals surface area contributed by atoms with Gasteiger partial charge in [-0.2, -0.15) is 0 Å². The van der Waals surface area contributed by atoms with Crippen LogP contribution in [0.25, 0.3) is 0 Å². The van der Waals surface area contributed by atoms with E-state index < -0.39 is 28.9 Å². The Hall–Kier alpha value is -2.14. The molecule has 1 aromatic heterocycles. The van der Waals surface area contributed by atoms with E-state index in [0.29, 0.717) is 14.7 Å². The van der Waals surface area contributed by atoms with Gasteiger partial charge in [-0.15, -0.1) is 0 Å². The van der Waals surface area contributed by atoms with Gasteiger partial charge in [0, 0.05) is 42.9 Å². The molecule has 1 aliphatic heterocycles. The monoisotopic (exact) mass is 575 g/mol. The van der Waals surface area contributed by atoms with Crippen LogP contribution in [0.4, 0.5) is 4.39 Å². The summed E-state index contributed by atoms with van der Waals surface area (Å²) in [4.78, 5) is 42.1. The van der Waals surface area contributed by atoms with Crippen LogP contribution in [0.2, 0.25) is 5.02 Å². The zero-order valence-electron chi connectivity index (χ0n) is 18.2. The smallest absolute Gasteiger partial charge is 0.294 e. The normalized spacial score (nSPS) is 13.5. The van der Waals surface area contributed by atoms with E-state index in [-0.39, 0.29) is 48.3 Å². The van der Waals surface area contributed by atoms with Crippen LogP contribution >= 0.6 is 34.2 Å². The summed E-state index contributed by atoms with van der Waals surface area (Å²) >= 11 is 7.87. The lowest BCUT2D eigenvalue weighted by atomic mass is 9.95. The number of amides is 2. The standard InChI is InChI=1S/C22H24ClFIN3O4/c1-11(2)9-28-18(21(31)26(3)4)13-5-6-27(20(30)17(13)19(29)22(28)32)10-12-7-14(23)15(24)8-16(12)25/h7-8,11,29H,5-6,9-10H2,1-4H3. The highest BCUT2D eigenvalue weighted by Gasteiger charge is 2.35. The Bertz CT molecular complexity index is 1160. The number of hydrogen-bond acceptors (Lipinski definition) is 4. The van der Waals surface area contributed by atoms with E-state index in [2.05, 4.69) is 0 Å². The van der Waals surface area contributed by atoms with E-state index in [1.807, 2.05) is 36.4 Å². The molecule has 0 unspecified atom stereocenters. The van der Waals surface area contributed by atoms with Crippen LogP contribution in [0.5, 0.6) is 5.75 Å². The number of carbonyl (C=O) groups is 2. The van der Waals surface area contributed by atoms with Crippen molar-refractivity contribution < 1.29 is 19.1 Å². The lowest BCUT2D eigenvalue weighted by Gasteiger charge is -2.32. The van der Waals surface area contributed by atoms with Crippen molar-refractivity contribution in [1.82, 2.24) is 14.4 Å². The Kier molecular flexibility index (Phi) is 7.18. The molecule has 7 nitrogen and oxygen atoms in total. The van der Waals surface area contributed by atoms with Crippen LogP contribution in [-0.4, -0.2) is 51.9 Å². The van der Waals surface area contributed by atoms with Gasteiger partial charge in [-0.05, 0) is 52.6 Å². The minimum absolute atomic E-state index is 0.0416. The molecule has 32 heavy (non-hydrogen) atoms.